The quantitative estimate of drug-likeness (QED) is 0.802. The molecule has 0 radical (unpaired) electrons. The van der Waals surface area contributed by atoms with Crippen molar-refractivity contribution in [1.82, 2.24) is 9.97 Å². The van der Waals surface area contributed by atoms with Gasteiger partial charge in [0.1, 0.15) is 12.1 Å². The minimum atomic E-state index is 0.247. The summed E-state index contributed by atoms with van der Waals surface area (Å²) in [5, 5.41) is 13.5. The lowest BCUT2D eigenvalue weighted by Crippen LogP contribution is -2.16. The molecule has 1 aromatic carbocycles. The van der Waals surface area contributed by atoms with Gasteiger partial charge in [-0.1, -0.05) is 25.5 Å². The summed E-state index contributed by atoms with van der Waals surface area (Å²) in [7, 11) is 0. The molecule has 0 aliphatic rings. The topological polar surface area (TPSA) is 58.0 Å². The number of rotatable bonds is 7. The van der Waals surface area contributed by atoms with E-state index in [1.807, 2.05) is 24.3 Å². The van der Waals surface area contributed by atoms with Crippen LogP contribution in [0.1, 0.15) is 26.2 Å². The highest BCUT2D eigenvalue weighted by molar-refractivity contribution is 5.88. The Hall–Kier alpha value is -1.68. The predicted octanol–water partition coefficient (Wildman–Crippen LogP) is 2.84. The minimum absolute atomic E-state index is 0.247. The maximum atomic E-state index is 9.08. The van der Waals surface area contributed by atoms with Crippen molar-refractivity contribution >= 4 is 16.7 Å². The van der Waals surface area contributed by atoms with Crippen LogP contribution in [0.2, 0.25) is 0 Å². The SMILES string of the molecule is CCCC(CCO)CNc1ncnc2ccccc12. The second-order valence-corrected chi connectivity index (χ2v) is 4.79. The molecule has 0 aliphatic carbocycles. The molecular weight excluding hydrogens is 238 g/mol. The van der Waals surface area contributed by atoms with Gasteiger partial charge in [-0.3, -0.25) is 0 Å². The average Bonchev–Trinajstić information content (AvgIpc) is 2.45. The van der Waals surface area contributed by atoms with E-state index in [0.29, 0.717) is 5.92 Å². The highest BCUT2D eigenvalue weighted by Crippen LogP contribution is 2.19. The lowest BCUT2D eigenvalue weighted by atomic mass is 10.0. The van der Waals surface area contributed by atoms with E-state index < -0.39 is 0 Å². The highest BCUT2D eigenvalue weighted by Gasteiger charge is 2.09. The van der Waals surface area contributed by atoms with Gasteiger partial charge < -0.3 is 10.4 Å². The van der Waals surface area contributed by atoms with Gasteiger partial charge in [0.25, 0.3) is 0 Å². The Balaban J connectivity index is 2.08. The first-order chi connectivity index (χ1) is 9.35. The third-order valence-corrected chi connectivity index (χ3v) is 3.34. The number of para-hydroxylation sites is 1. The molecule has 1 heterocycles. The van der Waals surface area contributed by atoms with Gasteiger partial charge in [0.2, 0.25) is 0 Å². The fourth-order valence-corrected chi connectivity index (χ4v) is 2.33. The maximum absolute atomic E-state index is 9.08. The highest BCUT2D eigenvalue weighted by atomic mass is 16.3. The number of nitrogens with one attached hydrogen (secondary N) is 1. The standard InChI is InChI=1S/C15H21N3O/c1-2-5-12(8-9-19)10-16-15-13-6-3-4-7-14(13)17-11-18-15/h3-4,6-7,11-12,19H,2,5,8-10H2,1H3,(H,16,17,18). The van der Waals surface area contributed by atoms with Crippen molar-refractivity contribution in [2.45, 2.75) is 26.2 Å². The van der Waals surface area contributed by atoms with Crippen LogP contribution in [0.3, 0.4) is 0 Å². The van der Waals surface area contributed by atoms with Crippen molar-refractivity contribution in [1.29, 1.82) is 0 Å². The van der Waals surface area contributed by atoms with Crippen LogP contribution in [-0.4, -0.2) is 28.2 Å². The number of anilines is 1. The zero-order chi connectivity index (χ0) is 13.5. The van der Waals surface area contributed by atoms with E-state index in [1.165, 1.54) is 0 Å². The Bertz CT molecular complexity index is 504. The molecule has 0 saturated carbocycles. The summed E-state index contributed by atoms with van der Waals surface area (Å²) in [5.41, 5.74) is 0.953. The smallest absolute Gasteiger partial charge is 0.137 e. The number of hydrogen-bond acceptors (Lipinski definition) is 4. The lowest BCUT2D eigenvalue weighted by molar-refractivity contribution is 0.255. The molecule has 0 fully saturated rings. The Kier molecular flexibility index (Phi) is 5.10. The van der Waals surface area contributed by atoms with E-state index in [4.69, 9.17) is 5.11 Å². The summed E-state index contributed by atoms with van der Waals surface area (Å²) >= 11 is 0. The first kappa shape index (κ1) is 13.7. The average molecular weight is 259 g/mol. The Morgan fingerprint density at radius 3 is 2.84 bits per heavy atom. The van der Waals surface area contributed by atoms with Crippen LogP contribution in [0.4, 0.5) is 5.82 Å². The third-order valence-electron chi connectivity index (χ3n) is 3.34. The van der Waals surface area contributed by atoms with Crippen molar-refractivity contribution < 1.29 is 5.11 Å². The fraction of sp³-hybridized carbons (Fsp3) is 0.467. The van der Waals surface area contributed by atoms with Crippen LogP contribution in [0.25, 0.3) is 10.9 Å². The molecule has 2 N–H and O–H groups in total. The van der Waals surface area contributed by atoms with Crippen molar-refractivity contribution in [2.24, 2.45) is 5.92 Å². The van der Waals surface area contributed by atoms with Crippen LogP contribution in [0, 0.1) is 5.92 Å². The number of aromatic nitrogens is 2. The van der Waals surface area contributed by atoms with Gasteiger partial charge in [0.05, 0.1) is 5.52 Å². The summed E-state index contributed by atoms with van der Waals surface area (Å²) in [6, 6.07) is 7.98. The van der Waals surface area contributed by atoms with E-state index in [2.05, 4.69) is 22.2 Å². The summed E-state index contributed by atoms with van der Waals surface area (Å²) in [5.74, 6) is 1.37. The lowest BCUT2D eigenvalue weighted by Gasteiger charge is -2.16. The molecule has 0 bridgehead atoms. The molecule has 0 saturated heterocycles. The van der Waals surface area contributed by atoms with E-state index in [-0.39, 0.29) is 6.61 Å². The number of hydrogen-bond donors (Lipinski definition) is 2. The van der Waals surface area contributed by atoms with Gasteiger partial charge in [-0.05, 0) is 30.9 Å². The molecule has 1 unspecified atom stereocenters. The molecule has 1 atom stereocenters. The Labute approximate surface area is 113 Å². The molecule has 19 heavy (non-hydrogen) atoms. The summed E-state index contributed by atoms with van der Waals surface area (Å²) in [4.78, 5) is 8.56. The molecule has 102 valence electrons. The van der Waals surface area contributed by atoms with Crippen molar-refractivity contribution in [3.8, 4) is 0 Å². The summed E-state index contributed by atoms with van der Waals surface area (Å²) in [6.07, 6.45) is 4.68. The van der Waals surface area contributed by atoms with Crippen LogP contribution < -0.4 is 5.32 Å². The number of aliphatic hydroxyl groups is 1. The van der Waals surface area contributed by atoms with Gasteiger partial charge in [0.15, 0.2) is 0 Å². The molecule has 4 nitrogen and oxygen atoms in total. The normalized spacial score (nSPS) is 12.5. The second-order valence-electron chi connectivity index (χ2n) is 4.79. The van der Waals surface area contributed by atoms with Crippen molar-refractivity contribution in [2.75, 3.05) is 18.5 Å². The number of aliphatic hydroxyl groups excluding tert-OH is 1. The van der Waals surface area contributed by atoms with Crippen LogP contribution >= 0.6 is 0 Å². The number of fused-ring (bicyclic) bond motifs is 1. The molecule has 1 aromatic heterocycles. The summed E-state index contributed by atoms with van der Waals surface area (Å²) < 4.78 is 0. The number of benzene rings is 1. The monoisotopic (exact) mass is 259 g/mol. The van der Waals surface area contributed by atoms with Crippen LogP contribution in [0.5, 0.6) is 0 Å². The molecule has 0 spiro atoms. The first-order valence-electron chi connectivity index (χ1n) is 6.89. The zero-order valence-corrected chi connectivity index (χ0v) is 11.3. The van der Waals surface area contributed by atoms with E-state index >= 15 is 0 Å². The van der Waals surface area contributed by atoms with Crippen molar-refractivity contribution in [3.05, 3.63) is 30.6 Å². The zero-order valence-electron chi connectivity index (χ0n) is 11.3. The van der Waals surface area contributed by atoms with Gasteiger partial charge in [0, 0.05) is 18.5 Å². The molecule has 2 rings (SSSR count). The molecule has 0 aliphatic heterocycles. The minimum Gasteiger partial charge on any atom is -0.396 e. The first-order valence-corrected chi connectivity index (χ1v) is 6.89. The molecule has 2 aromatic rings. The van der Waals surface area contributed by atoms with Gasteiger partial charge in [-0.25, -0.2) is 9.97 Å². The maximum Gasteiger partial charge on any atom is 0.137 e. The molecule has 4 heteroatoms. The Morgan fingerprint density at radius 1 is 1.21 bits per heavy atom. The van der Waals surface area contributed by atoms with Gasteiger partial charge in [-0.2, -0.15) is 0 Å². The molecule has 0 amide bonds. The van der Waals surface area contributed by atoms with Crippen molar-refractivity contribution in [3.63, 3.8) is 0 Å². The van der Waals surface area contributed by atoms with E-state index in [9.17, 15) is 0 Å². The summed E-state index contributed by atoms with van der Waals surface area (Å²) in [6.45, 7) is 3.26. The van der Waals surface area contributed by atoms with Crippen LogP contribution in [-0.2, 0) is 0 Å². The fourth-order valence-electron chi connectivity index (χ4n) is 2.33. The second kappa shape index (κ2) is 7.04. The van der Waals surface area contributed by atoms with Gasteiger partial charge >= 0.3 is 0 Å². The Morgan fingerprint density at radius 2 is 2.05 bits per heavy atom. The largest absolute Gasteiger partial charge is 0.396 e. The third kappa shape index (κ3) is 3.64. The van der Waals surface area contributed by atoms with E-state index in [1.54, 1.807) is 6.33 Å². The van der Waals surface area contributed by atoms with E-state index in [0.717, 1.165) is 42.5 Å². The van der Waals surface area contributed by atoms with Crippen LogP contribution in [0.15, 0.2) is 30.6 Å². The van der Waals surface area contributed by atoms with Gasteiger partial charge in [-0.15, -0.1) is 0 Å². The predicted molar refractivity (Wildman–Crippen MR) is 78.1 cm³/mol. The molecular formula is C15H21N3O. The number of nitrogens with zero attached hydrogens (tertiary/aromatic N) is 2.